The molecule has 1 aromatic rings. The van der Waals surface area contributed by atoms with Crippen molar-refractivity contribution >= 4 is 28.0 Å². The number of aromatic nitrogens is 1. The molecule has 22 heavy (non-hydrogen) atoms. The summed E-state index contributed by atoms with van der Waals surface area (Å²) in [5, 5.41) is 0.990. The molecule has 124 valence electrons. The maximum Gasteiger partial charge on any atom is 0.235 e. The number of thiazole rings is 1. The van der Waals surface area contributed by atoms with Gasteiger partial charge in [0.1, 0.15) is 5.75 Å². The summed E-state index contributed by atoms with van der Waals surface area (Å²) in [6, 6.07) is 0.311. The van der Waals surface area contributed by atoms with E-state index in [-0.39, 0.29) is 11.7 Å². The van der Waals surface area contributed by atoms with Gasteiger partial charge in [0.25, 0.3) is 0 Å². The largest absolute Gasteiger partial charge is 0.342 e. The van der Waals surface area contributed by atoms with Crippen molar-refractivity contribution in [2.45, 2.75) is 58.2 Å². The molecule has 0 aromatic carbocycles. The molecule has 2 rings (SSSR count). The van der Waals surface area contributed by atoms with Crippen LogP contribution in [-0.4, -0.2) is 38.8 Å². The Morgan fingerprint density at radius 1 is 1.36 bits per heavy atom. The zero-order valence-electron chi connectivity index (χ0n) is 13.9. The minimum absolute atomic E-state index is 0.0102. The van der Waals surface area contributed by atoms with E-state index in [1.54, 1.807) is 11.3 Å². The molecule has 6 heteroatoms. The second-order valence-electron chi connectivity index (χ2n) is 6.30. The van der Waals surface area contributed by atoms with E-state index in [4.69, 9.17) is 0 Å². The summed E-state index contributed by atoms with van der Waals surface area (Å²) in [5.41, 5.74) is 0.942. The van der Waals surface area contributed by atoms with Crippen LogP contribution in [0.1, 0.15) is 48.2 Å². The lowest BCUT2D eigenvalue weighted by molar-refractivity contribution is -0.130. The molecule has 0 spiro atoms. The highest BCUT2D eigenvalue weighted by molar-refractivity contribution is 7.85. The number of nitrogens with zero attached hydrogens (tertiary/aromatic N) is 2. The summed E-state index contributed by atoms with van der Waals surface area (Å²) < 4.78 is 12.3. The summed E-state index contributed by atoms with van der Waals surface area (Å²) in [4.78, 5) is 19.6. The Hall–Kier alpha value is -0.750. The van der Waals surface area contributed by atoms with Gasteiger partial charge in [0.2, 0.25) is 5.91 Å². The van der Waals surface area contributed by atoms with Crippen LogP contribution < -0.4 is 0 Å². The maximum atomic E-state index is 12.4. The molecule has 0 bridgehead atoms. The van der Waals surface area contributed by atoms with E-state index >= 15 is 0 Å². The first-order valence-corrected chi connectivity index (χ1v) is 10.2. The van der Waals surface area contributed by atoms with Crippen LogP contribution in [0.15, 0.2) is 0 Å². The molecule has 0 aliphatic heterocycles. The minimum Gasteiger partial charge on any atom is -0.342 e. The first-order valence-electron chi connectivity index (χ1n) is 7.92. The fraction of sp³-hybridized carbons (Fsp3) is 0.750. The summed E-state index contributed by atoms with van der Waals surface area (Å²) in [5.74, 6) is 1.12. The quantitative estimate of drug-likeness (QED) is 0.826. The van der Waals surface area contributed by atoms with Gasteiger partial charge in [0, 0.05) is 28.8 Å². The van der Waals surface area contributed by atoms with E-state index in [2.05, 4.69) is 11.9 Å². The molecule has 3 atom stereocenters. The van der Waals surface area contributed by atoms with Crippen molar-refractivity contribution in [3.8, 4) is 0 Å². The summed E-state index contributed by atoms with van der Waals surface area (Å²) in [7, 11) is 0.714. The van der Waals surface area contributed by atoms with Crippen LogP contribution in [0.3, 0.4) is 0 Å². The van der Waals surface area contributed by atoms with Crippen molar-refractivity contribution < 1.29 is 9.00 Å². The molecule has 1 saturated carbocycles. The van der Waals surface area contributed by atoms with Crippen LogP contribution in [0.5, 0.6) is 0 Å². The molecule has 0 N–H and O–H groups in total. The lowest BCUT2D eigenvalue weighted by atomic mass is 9.85. The van der Waals surface area contributed by atoms with Gasteiger partial charge in [-0.3, -0.25) is 9.00 Å². The Balaban J connectivity index is 1.90. The normalized spacial score (nSPS) is 23.3. The molecule has 1 aromatic heterocycles. The SMILES string of the molecule is Cc1nc(C)c(C[S@](=O)CC(=O)N(C)[C@H]2CCCC[C@H]2C)s1. The highest BCUT2D eigenvalue weighted by atomic mass is 32.2. The zero-order chi connectivity index (χ0) is 16.3. The molecule has 1 aliphatic carbocycles. The topological polar surface area (TPSA) is 50.3 Å². The van der Waals surface area contributed by atoms with E-state index in [9.17, 15) is 9.00 Å². The number of aryl methyl sites for hydroxylation is 2. The number of amides is 1. The Labute approximate surface area is 139 Å². The molecule has 1 aliphatic rings. The fourth-order valence-corrected chi connectivity index (χ4v) is 5.65. The minimum atomic E-state index is -1.16. The number of hydrogen-bond donors (Lipinski definition) is 0. The molecule has 4 nitrogen and oxygen atoms in total. The fourth-order valence-electron chi connectivity index (χ4n) is 3.20. The Morgan fingerprint density at radius 2 is 2.05 bits per heavy atom. The lowest BCUT2D eigenvalue weighted by Gasteiger charge is -2.36. The average Bonchev–Trinajstić information content (AvgIpc) is 2.76. The van der Waals surface area contributed by atoms with E-state index < -0.39 is 10.8 Å². The monoisotopic (exact) mass is 342 g/mol. The molecule has 0 radical (unpaired) electrons. The van der Waals surface area contributed by atoms with E-state index in [0.717, 1.165) is 22.0 Å². The van der Waals surface area contributed by atoms with Gasteiger partial charge in [-0.25, -0.2) is 4.98 Å². The number of carbonyl (C=O) groups excluding carboxylic acids is 1. The number of carbonyl (C=O) groups is 1. The van der Waals surface area contributed by atoms with Crippen LogP contribution in [0.4, 0.5) is 0 Å². The third-order valence-corrected chi connectivity index (χ3v) is 6.97. The van der Waals surface area contributed by atoms with Gasteiger partial charge in [0.15, 0.2) is 0 Å². The average molecular weight is 343 g/mol. The predicted molar refractivity (Wildman–Crippen MR) is 92.5 cm³/mol. The van der Waals surface area contributed by atoms with Crippen molar-refractivity contribution in [2.24, 2.45) is 5.92 Å². The number of rotatable bonds is 5. The van der Waals surface area contributed by atoms with Crippen molar-refractivity contribution in [3.63, 3.8) is 0 Å². The Kier molecular flexibility index (Phi) is 6.15. The molecule has 1 heterocycles. The lowest BCUT2D eigenvalue weighted by Crippen LogP contribution is -2.44. The molecule has 0 saturated heterocycles. The molecule has 0 unspecified atom stereocenters. The Bertz CT molecular complexity index is 556. The molecular formula is C16H26N2O2S2. The van der Waals surface area contributed by atoms with E-state index in [0.29, 0.717) is 17.7 Å². The molecule has 1 amide bonds. The second kappa shape index (κ2) is 7.68. The smallest absolute Gasteiger partial charge is 0.235 e. The molecule has 1 fully saturated rings. The summed E-state index contributed by atoms with van der Waals surface area (Å²) in [6.45, 7) is 6.11. The highest BCUT2D eigenvalue weighted by Crippen LogP contribution is 2.27. The Morgan fingerprint density at radius 3 is 2.64 bits per heavy atom. The van der Waals surface area contributed by atoms with Gasteiger partial charge in [-0.2, -0.15) is 0 Å². The third-order valence-electron chi connectivity index (χ3n) is 4.53. The van der Waals surface area contributed by atoms with Crippen LogP contribution in [0.25, 0.3) is 0 Å². The van der Waals surface area contributed by atoms with E-state index in [1.807, 2.05) is 25.8 Å². The van der Waals surface area contributed by atoms with Crippen LogP contribution in [-0.2, 0) is 21.3 Å². The van der Waals surface area contributed by atoms with Crippen LogP contribution in [0.2, 0.25) is 0 Å². The zero-order valence-corrected chi connectivity index (χ0v) is 15.6. The summed E-state index contributed by atoms with van der Waals surface area (Å²) >= 11 is 1.58. The van der Waals surface area contributed by atoms with Crippen molar-refractivity contribution in [1.29, 1.82) is 0 Å². The second-order valence-corrected chi connectivity index (χ2v) is 9.05. The van der Waals surface area contributed by atoms with Gasteiger partial charge in [-0.05, 0) is 32.6 Å². The first-order chi connectivity index (χ1) is 10.4. The number of hydrogen-bond acceptors (Lipinski definition) is 4. The van der Waals surface area contributed by atoms with Crippen LogP contribution >= 0.6 is 11.3 Å². The summed E-state index contributed by atoms with van der Waals surface area (Å²) in [6.07, 6.45) is 4.71. The maximum absolute atomic E-state index is 12.4. The molecular weight excluding hydrogens is 316 g/mol. The van der Waals surface area contributed by atoms with Crippen molar-refractivity contribution in [2.75, 3.05) is 12.8 Å². The van der Waals surface area contributed by atoms with Crippen molar-refractivity contribution in [1.82, 2.24) is 9.88 Å². The highest BCUT2D eigenvalue weighted by Gasteiger charge is 2.28. The first kappa shape index (κ1) is 17.6. The standard InChI is InChI=1S/C16H26N2O2S2/c1-11-7-5-6-8-14(11)18(4)16(19)10-22(20)9-15-12(2)17-13(3)21-15/h11,14H,5-10H2,1-4H3/t11-,14+,22+/m1/s1. The van der Waals surface area contributed by atoms with Gasteiger partial charge in [-0.1, -0.05) is 19.8 Å². The van der Waals surface area contributed by atoms with Crippen molar-refractivity contribution in [3.05, 3.63) is 15.6 Å². The van der Waals surface area contributed by atoms with E-state index in [1.165, 1.54) is 19.3 Å². The van der Waals surface area contributed by atoms with Gasteiger partial charge in [-0.15, -0.1) is 11.3 Å². The van der Waals surface area contributed by atoms with Crippen LogP contribution in [0, 0.1) is 19.8 Å². The predicted octanol–water partition coefficient (Wildman–Crippen LogP) is 3.05. The van der Waals surface area contributed by atoms with Gasteiger partial charge < -0.3 is 4.90 Å². The van der Waals surface area contributed by atoms with Gasteiger partial charge >= 0.3 is 0 Å². The van der Waals surface area contributed by atoms with Gasteiger partial charge in [0.05, 0.1) is 16.5 Å². The third kappa shape index (κ3) is 4.38.